The molecule has 1 N–H and O–H groups in total. The number of likely N-dealkylation sites (tertiary alicyclic amines) is 1. The zero-order valence-corrected chi connectivity index (χ0v) is 12.1. The molecule has 21 heavy (non-hydrogen) atoms. The molecule has 0 unspecified atom stereocenters. The van der Waals surface area contributed by atoms with E-state index in [1.807, 2.05) is 0 Å². The van der Waals surface area contributed by atoms with E-state index in [9.17, 15) is 9.18 Å². The number of carbonyl (C=O) groups is 1. The van der Waals surface area contributed by atoms with Crippen LogP contribution >= 0.6 is 0 Å². The number of rotatable bonds is 1. The Kier molecular flexibility index (Phi) is 4.10. The van der Waals surface area contributed by atoms with Crippen LogP contribution in [-0.4, -0.2) is 36.2 Å². The SMILES string of the molecule is O=C(Nc1cccc(F)c1)N1CCC2(CCCCO2)CC1. The molecule has 2 saturated heterocycles. The molecular formula is C16H21FN2O2. The van der Waals surface area contributed by atoms with E-state index in [1.165, 1.54) is 18.6 Å². The van der Waals surface area contributed by atoms with Crippen molar-refractivity contribution < 1.29 is 13.9 Å². The Balaban J connectivity index is 1.55. The molecule has 1 aromatic rings. The second kappa shape index (κ2) is 6.02. The van der Waals surface area contributed by atoms with Crippen molar-refractivity contribution in [3.63, 3.8) is 0 Å². The van der Waals surface area contributed by atoms with E-state index < -0.39 is 0 Å². The van der Waals surface area contributed by atoms with Crippen LogP contribution < -0.4 is 5.32 Å². The number of anilines is 1. The highest BCUT2D eigenvalue weighted by atomic mass is 19.1. The van der Waals surface area contributed by atoms with Crippen LogP contribution in [0.15, 0.2) is 24.3 Å². The van der Waals surface area contributed by atoms with Crippen LogP contribution in [0.2, 0.25) is 0 Å². The number of carbonyl (C=O) groups excluding carboxylic acids is 1. The average molecular weight is 292 g/mol. The Morgan fingerprint density at radius 1 is 1.24 bits per heavy atom. The van der Waals surface area contributed by atoms with Gasteiger partial charge in [0.25, 0.3) is 0 Å². The summed E-state index contributed by atoms with van der Waals surface area (Å²) < 4.78 is 19.1. The molecule has 2 heterocycles. The number of urea groups is 1. The summed E-state index contributed by atoms with van der Waals surface area (Å²) in [6.07, 6.45) is 5.25. The largest absolute Gasteiger partial charge is 0.375 e. The molecule has 1 spiro atoms. The number of nitrogens with one attached hydrogen (secondary N) is 1. The molecule has 114 valence electrons. The fourth-order valence-corrected chi connectivity index (χ4v) is 3.19. The van der Waals surface area contributed by atoms with Crippen molar-refractivity contribution in [2.45, 2.75) is 37.7 Å². The lowest BCUT2D eigenvalue weighted by atomic mass is 9.84. The summed E-state index contributed by atoms with van der Waals surface area (Å²) in [6, 6.07) is 5.81. The fraction of sp³-hybridized carbons (Fsp3) is 0.562. The molecule has 2 amide bonds. The lowest BCUT2D eigenvalue weighted by Gasteiger charge is -2.43. The molecule has 0 radical (unpaired) electrons. The third-order valence-corrected chi connectivity index (χ3v) is 4.47. The van der Waals surface area contributed by atoms with Crippen LogP contribution in [0.25, 0.3) is 0 Å². The molecule has 2 fully saturated rings. The maximum absolute atomic E-state index is 13.1. The summed E-state index contributed by atoms with van der Waals surface area (Å²) in [4.78, 5) is 14.0. The Morgan fingerprint density at radius 2 is 2.05 bits per heavy atom. The van der Waals surface area contributed by atoms with Crippen LogP contribution in [0.3, 0.4) is 0 Å². The first kappa shape index (κ1) is 14.3. The Labute approximate surface area is 124 Å². The molecule has 0 atom stereocenters. The molecule has 1 aromatic carbocycles. The minimum atomic E-state index is -0.346. The summed E-state index contributed by atoms with van der Waals surface area (Å²) in [6.45, 7) is 2.23. The summed E-state index contributed by atoms with van der Waals surface area (Å²) in [5.41, 5.74) is 0.489. The minimum Gasteiger partial charge on any atom is -0.375 e. The number of hydrogen-bond acceptors (Lipinski definition) is 2. The first-order valence-corrected chi connectivity index (χ1v) is 7.62. The normalized spacial score (nSPS) is 21.3. The first-order valence-electron chi connectivity index (χ1n) is 7.62. The van der Waals surface area contributed by atoms with Gasteiger partial charge in [-0.25, -0.2) is 9.18 Å². The second-order valence-corrected chi connectivity index (χ2v) is 5.92. The van der Waals surface area contributed by atoms with E-state index in [0.29, 0.717) is 18.8 Å². The van der Waals surface area contributed by atoms with Gasteiger partial charge in [0, 0.05) is 25.4 Å². The highest BCUT2D eigenvalue weighted by Crippen LogP contribution is 2.34. The highest BCUT2D eigenvalue weighted by molar-refractivity contribution is 5.89. The topological polar surface area (TPSA) is 41.6 Å². The van der Waals surface area contributed by atoms with Crippen LogP contribution in [0.4, 0.5) is 14.9 Å². The average Bonchev–Trinajstić information content (AvgIpc) is 2.49. The van der Waals surface area contributed by atoms with E-state index in [4.69, 9.17) is 4.74 Å². The van der Waals surface area contributed by atoms with Crippen molar-refractivity contribution in [1.82, 2.24) is 4.90 Å². The standard InChI is InChI=1S/C16H21FN2O2/c17-13-4-3-5-14(12-13)18-15(20)19-9-7-16(8-10-19)6-1-2-11-21-16/h3-5,12H,1-2,6-11H2,(H,18,20). The van der Waals surface area contributed by atoms with Gasteiger partial charge in [-0.1, -0.05) is 6.07 Å². The van der Waals surface area contributed by atoms with Gasteiger partial charge in [0.15, 0.2) is 0 Å². The van der Waals surface area contributed by atoms with Crippen molar-refractivity contribution in [2.24, 2.45) is 0 Å². The molecule has 4 nitrogen and oxygen atoms in total. The number of benzene rings is 1. The predicted molar refractivity (Wildman–Crippen MR) is 78.8 cm³/mol. The summed E-state index contributed by atoms with van der Waals surface area (Å²) >= 11 is 0. The van der Waals surface area contributed by atoms with Gasteiger partial charge >= 0.3 is 6.03 Å². The zero-order valence-electron chi connectivity index (χ0n) is 12.1. The van der Waals surface area contributed by atoms with Gasteiger partial charge in [0.2, 0.25) is 0 Å². The van der Waals surface area contributed by atoms with E-state index in [-0.39, 0.29) is 17.4 Å². The molecule has 0 aromatic heterocycles. The summed E-state index contributed by atoms with van der Waals surface area (Å²) in [5.74, 6) is -0.346. The van der Waals surface area contributed by atoms with Crippen LogP contribution in [0.1, 0.15) is 32.1 Å². The maximum atomic E-state index is 13.1. The van der Waals surface area contributed by atoms with Gasteiger partial charge < -0.3 is 15.0 Å². The Hall–Kier alpha value is -1.62. The van der Waals surface area contributed by atoms with E-state index >= 15 is 0 Å². The fourth-order valence-electron chi connectivity index (χ4n) is 3.19. The molecule has 2 aliphatic heterocycles. The van der Waals surface area contributed by atoms with E-state index in [2.05, 4.69) is 5.32 Å². The van der Waals surface area contributed by atoms with Crippen molar-refractivity contribution in [2.75, 3.05) is 25.0 Å². The smallest absolute Gasteiger partial charge is 0.321 e. The predicted octanol–water partition coefficient (Wildman–Crippen LogP) is 3.39. The number of nitrogens with zero attached hydrogens (tertiary/aromatic N) is 1. The third-order valence-electron chi connectivity index (χ3n) is 4.47. The first-order chi connectivity index (χ1) is 10.2. The molecule has 0 aliphatic carbocycles. The quantitative estimate of drug-likeness (QED) is 0.862. The van der Waals surface area contributed by atoms with Gasteiger partial charge in [-0.2, -0.15) is 0 Å². The monoisotopic (exact) mass is 292 g/mol. The number of halogens is 1. The lowest BCUT2D eigenvalue weighted by molar-refractivity contribution is -0.106. The molecule has 2 aliphatic rings. The zero-order chi connectivity index (χ0) is 14.7. The lowest BCUT2D eigenvalue weighted by Crippen LogP contribution is -2.50. The minimum absolute atomic E-state index is 0.00607. The summed E-state index contributed by atoms with van der Waals surface area (Å²) in [7, 11) is 0. The van der Waals surface area contributed by atoms with Gasteiger partial charge in [-0.15, -0.1) is 0 Å². The molecule has 5 heteroatoms. The van der Waals surface area contributed by atoms with Gasteiger partial charge in [0.1, 0.15) is 5.82 Å². The third kappa shape index (κ3) is 3.35. The number of amides is 2. The van der Waals surface area contributed by atoms with E-state index in [0.717, 1.165) is 32.3 Å². The Bertz CT molecular complexity index is 505. The molecular weight excluding hydrogens is 271 g/mol. The van der Waals surface area contributed by atoms with E-state index in [1.54, 1.807) is 17.0 Å². The molecule has 3 rings (SSSR count). The van der Waals surface area contributed by atoms with Gasteiger partial charge in [-0.05, 0) is 50.3 Å². The van der Waals surface area contributed by atoms with Crippen molar-refractivity contribution >= 4 is 11.7 Å². The van der Waals surface area contributed by atoms with Crippen molar-refractivity contribution in [3.8, 4) is 0 Å². The van der Waals surface area contributed by atoms with Crippen LogP contribution in [-0.2, 0) is 4.74 Å². The number of ether oxygens (including phenoxy) is 1. The van der Waals surface area contributed by atoms with Gasteiger partial charge in [0.05, 0.1) is 5.60 Å². The number of piperidine rings is 1. The maximum Gasteiger partial charge on any atom is 0.321 e. The van der Waals surface area contributed by atoms with Crippen molar-refractivity contribution in [1.29, 1.82) is 0 Å². The number of hydrogen-bond donors (Lipinski definition) is 1. The second-order valence-electron chi connectivity index (χ2n) is 5.92. The van der Waals surface area contributed by atoms with Crippen LogP contribution in [0, 0.1) is 5.82 Å². The summed E-state index contributed by atoms with van der Waals surface area (Å²) in [5, 5.41) is 2.75. The van der Waals surface area contributed by atoms with Gasteiger partial charge in [-0.3, -0.25) is 0 Å². The van der Waals surface area contributed by atoms with Crippen LogP contribution in [0.5, 0.6) is 0 Å². The molecule has 0 saturated carbocycles. The highest BCUT2D eigenvalue weighted by Gasteiger charge is 2.37. The molecule has 0 bridgehead atoms. The van der Waals surface area contributed by atoms with Crippen molar-refractivity contribution in [3.05, 3.63) is 30.1 Å². The Morgan fingerprint density at radius 3 is 2.71 bits per heavy atom.